The van der Waals surface area contributed by atoms with Crippen LogP contribution in [0.15, 0.2) is 66.7 Å². The highest BCUT2D eigenvalue weighted by atomic mass is 19.4. The number of aliphatic hydroxyl groups is 1. The van der Waals surface area contributed by atoms with Crippen molar-refractivity contribution in [3.05, 3.63) is 94.5 Å². The highest BCUT2D eigenvalue weighted by molar-refractivity contribution is 5.94. The number of methoxy groups -OCH3 is 1. The normalized spacial score (nSPS) is 15.1. The summed E-state index contributed by atoms with van der Waals surface area (Å²) < 4.78 is 45.2. The Morgan fingerprint density at radius 3 is 2.11 bits per heavy atom. The van der Waals surface area contributed by atoms with Crippen molar-refractivity contribution in [1.82, 2.24) is 10.6 Å². The molecular formula is C32H34F3N3O6. The van der Waals surface area contributed by atoms with Gasteiger partial charge in [-0.3, -0.25) is 4.79 Å². The number of carboxylic acid groups (broad SMARTS) is 1. The van der Waals surface area contributed by atoms with Crippen LogP contribution in [-0.2, 0) is 11.0 Å². The molecule has 4 rings (SSSR count). The molecule has 0 aliphatic heterocycles. The van der Waals surface area contributed by atoms with Crippen molar-refractivity contribution in [3.8, 4) is 5.75 Å². The van der Waals surface area contributed by atoms with Crippen LogP contribution < -0.4 is 20.7 Å². The SMILES string of the molecule is COc1cc(NC(=O)NC(c2ccc(C(=O)NC[C@@H](O)C(=O)O)cc2)c2ccc(C3CCCCC3)cc2)cc(C(F)(F)F)c1. The lowest BCUT2D eigenvalue weighted by Gasteiger charge is -2.24. The summed E-state index contributed by atoms with van der Waals surface area (Å²) in [7, 11) is 1.23. The predicted molar refractivity (Wildman–Crippen MR) is 157 cm³/mol. The van der Waals surface area contributed by atoms with E-state index in [0.717, 1.165) is 25.0 Å². The zero-order chi connectivity index (χ0) is 31.9. The third-order valence-corrected chi connectivity index (χ3v) is 7.60. The molecule has 9 nitrogen and oxygen atoms in total. The maximum Gasteiger partial charge on any atom is 0.416 e. The third-order valence-electron chi connectivity index (χ3n) is 7.60. The highest BCUT2D eigenvalue weighted by Gasteiger charge is 2.32. The van der Waals surface area contributed by atoms with E-state index in [2.05, 4.69) is 16.0 Å². The molecule has 3 aromatic rings. The molecule has 0 bridgehead atoms. The van der Waals surface area contributed by atoms with Gasteiger partial charge in [0.15, 0.2) is 6.10 Å². The van der Waals surface area contributed by atoms with Crippen molar-refractivity contribution in [3.63, 3.8) is 0 Å². The number of ether oxygens (including phenoxy) is 1. The largest absolute Gasteiger partial charge is 0.497 e. The second kappa shape index (κ2) is 14.3. The Kier molecular flexibility index (Phi) is 10.5. The van der Waals surface area contributed by atoms with Gasteiger partial charge in [0, 0.05) is 17.3 Å². The first-order valence-electron chi connectivity index (χ1n) is 14.2. The summed E-state index contributed by atoms with van der Waals surface area (Å²) in [5.74, 6) is -1.68. The van der Waals surface area contributed by atoms with Crippen LogP contribution in [0, 0.1) is 0 Å². The highest BCUT2D eigenvalue weighted by Crippen LogP contribution is 2.35. The third kappa shape index (κ3) is 8.50. The number of carbonyl (C=O) groups is 3. The van der Waals surface area contributed by atoms with Crippen LogP contribution in [-0.4, -0.2) is 47.9 Å². The van der Waals surface area contributed by atoms with Gasteiger partial charge >= 0.3 is 18.2 Å². The first kappa shape index (κ1) is 32.3. The van der Waals surface area contributed by atoms with Gasteiger partial charge in [0.05, 0.1) is 25.3 Å². The summed E-state index contributed by atoms with van der Waals surface area (Å²) in [6.45, 7) is -0.478. The number of carbonyl (C=O) groups excluding carboxylic acids is 2. The Labute approximate surface area is 252 Å². The second-order valence-corrected chi connectivity index (χ2v) is 10.7. The molecule has 5 N–H and O–H groups in total. The first-order chi connectivity index (χ1) is 20.9. The Morgan fingerprint density at radius 1 is 0.932 bits per heavy atom. The maximum absolute atomic E-state index is 13.4. The lowest BCUT2D eigenvalue weighted by atomic mass is 9.83. The summed E-state index contributed by atoms with van der Waals surface area (Å²) >= 11 is 0. The minimum absolute atomic E-state index is 0.0743. The molecule has 0 spiro atoms. The molecule has 12 heteroatoms. The van der Waals surface area contributed by atoms with E-state index in [1.807, 2.05) is 24.3 Å². The van der Waals surface area contributed by atoms with Crippen molar-refractivity contribution < 1.29 is 42.5 Å². The average Bonchev–Trinajstić information content (AvgIpc) is 3.02. The van der Waals surface area contributed by atoms with Gasteiger partial charge < -0.3 is 30.9 Å². The number of alkyl halides is 3. The van der Waals surface area contributed by atoms with E-state index in [1.54, 1.807) is 12.1 Å². The van der Waals surface area contributed by atoms with E-state index in [9.17, 15) is 32.7 Å². The number of aliphatic hydroxyl groups excluding tert-OH is 1. The molecule has 1 fully saturated rings. The van der Waals surface area contributed by atoms with Gasteiger partial charge in [0.25, 0.3) is 5.91 Å². The Morgan fingerprint density at radius 2 is 1.55 bits per heavy atom. The number of amides is 3. The predicted octanol–water partition coefficient (Wildman–Crippen LogP) is 5.85. The standard InChI is InChI=1S/C32H34F3N3O6/c1-44-26-16-24(32(33,34)35)15-25(17-26)37-31(43)38-28(21-9-7-20(8-10-21)19-5-3-2-4-6-19)22-11-13-23(14-12-22)29(40)36-18-27(39)30(41)42/h7-17,19,27-28,39H,2-6,18H2,1H3,(H,36,40)(H,41,42)(H2,37,38,43)/t27-,28?/m1/s1. The summed E-state index contributed by atoms with van der Waals surface area (Å²) in [5.41, 5.74) is 1.59. The molecule has 3 amide bonds. The van der Waals surface area contributed by atoms with Crippen LogP contribution in [0.1, 0.15) is 76.7 Å². The van der Waals surface area contributed by atoms with E-state index in [1.165, 1.54) is 50.1 Å². The number of aliphatic carboxylic acids is 1. The van der Waals surface area contributed by atoms with Gasteiger partial charge in [-0.05, 0) is 59.7 Å². The molecule has 44 heavy (non-hydrogen) atoms. The van der Waals surface area contributed by atoms with E-state index in [0.29, 0.717) is 17.0 Å². The molecule has 1 aliphatic rings. The Hall–Kier alpha value is -4.58. The summed E-state index contributed by atoms with van der Waals surface area (Å²) in [4.78, 5) is 36.4. The van der Waals surface area contributed by atoms with Gasteiger partial charge in [0.2, 0.25) is 0 Å². The minimum atomic E-state index is -4.65. The fourth-order valence-corrected chi connectivity index (χ4v) is 5.21. The molecular weight excluding hydrogens is 579 g/mol. The number of hydrogen-bond donors (Lipinski definition) is 5. The molecule has 1 unspecified atom stereocenters. The topological polar surface area (TPSA) is 137 Å². The molecule has 2 atom stereocenters. The molecule has 0 heterocycles. The van der Waals surface area contributed by atoms with Crippen LogP contribution in [0.5, 0.6) is 5.75 Å². The van der Waals surface area contributed by atoms with Crippen LogP contribution in [0.25, 0.3) is 0 Å². The Balaban J connectivity index is 1.57. The molecule has 0 aromatic heterocycles. The number of anilines is 1. The van der Waals surface area contributed by atoms with Crippen LogP contribution in [0.3, 0.4) is 0 Å². The zero-order valence-corrected chi connectivity index (χ0v) is 24.0. The number of carboxylic acids is 1. The van der Waals surface area contributed by atoms with Crippen molar-refractivity contribution in [2.45, 2.75) is 56.3 Å². The van der Waals surface area contributed by atoms with E-state index >= 15 is 0 Å². The fraction of sp³-hybridized carbons (Fsp3) is 0.344. The number of rotatable bonds is 10. The lowest BCUT2D eigenvalue weighted by molar-refractivity contribution is -0.146. The van der Waals surface area contributed by atoms with Gasteiger partial charge in [0.1, 0.15) is 5.75 Å². The van der Waals surface area contributed by atoms with Crippen molar-refractivity contribution in [1.29, 1.82) is 0 Å². The molecule has 234 valence electrons. The van der Waals surface area contributed by atoms with Crippen molar-refractivity contribution in [2.75, 3.05) is 19.0 Å². The maximum atomic E-state index is 13.4. The van der Waals surface area contributed by atoms with E-state index < -0.39 is 48.3 Å². The first-order valence-corrected chi connectivity index (χ1v) is 14.2. The lowest BCUT2D eigenvalue weighted by Crippen LogP contribution is -2.36. The van der Waals surface area contributed by atoms with Gasteiger partial charge in [-0.15, -0.1) is 0 Å². The zero-order valence-electron chi connectivity index (χ0n) is 24.0. The average molecular weight is 614 g/mol. The van der Waals surface area contributed by atoms with Crippen molar-refractivity contribution in [2.24, 2.45) is 0 Å². The number of urea groups is 1. The Bertz CT molecular complexity index is 1460. The second-order valence-electron chi connectivity index (χ2n) is 10.7. The number of benzene rings is 3. The van der Waals surface area contributed by atoms with Gasteiger partial charge in [-0.1, -0.05) is 55.7 Å². The molecule has 3 aromatic carbocycles. The smallest absolute Gasteiger partial charge is 0.416 e. The van der Waals surface area contributed by atoms with Gasteiger partial charge in [-0.25, -0.2) is 9.59 Å². The number of nitrogens with one attached hydrogen (secondary N) is 3. The summed E-state index contributed by atoms with van der Waals surface area (Å²) in [6.07, 6.45) is -0.615. The number of halogens is 3. The van der Waals surface area contributed by atoms with Crippen LogP contribution in [0.4, 0.5) is 23.7 Å². The molecule has 1 aliphatic carbocycles. The fourth-order valence-electron chi connectivity index (χ4n) is 5.21. The molecule has 0 saturated heterocycles. The van der Waals surface area contributed by atoms with Crippen molar-refractivity contribution >= 4 is 23.6 Å². The number of hydrogen-bond acceptors (Lipinski definition) is 5. The summed E-state index contributed by atoms with van der Waals surface area (Å²) in [6, 6.07) is 15.4. The minimum Gasteiger partial charge on any atom is -0.497 e. The summed E-state index contributed by atoms with van der Waals surface area (Å²) in [5, 5.41) is 25.9. The van der Waals surface area contributed by atoms with Gasteiger partial charge in [-0.2, -0.15) is 13.2 Å². The van der Waals surface area contributed by atoms with Crippen LogP contribution in [0.2, 0.25) is 0 Å². The monoisotopic (exact) mass is 613 g/mol. The van der Waals surface area contributed by atoms with Crippen LogP contribution >= 0.6 is 0 Å². The van der Waals surface area contributed by atoms with E-state index in [-0.39, 0.29) is 17.0 Å². The van der Waals surface area contributed by atoms with E-state index in [4.69, 9.17) is 9.84 Å². The quantitative estimate of drug-likeness (QED) is 0.195. The molecule has 0 radical (unpaired) electrons. The molecule has 1 saturated carbocycles.